The van der Waals surface area contributed by atoms with E-state index >= 15 is 0 Å². The second-order valence-corrected chi connectivity index (χ2v) is 5.87. The topological polar surface area (TPSA) is 59.1 Å². The summed E-state index contributed by atoms with van der Waals surface area (Å²) in [5.41, 5.74) is 1.03. The van der Waals surface area contributed by atoms with Gasteiger partial charge >= 0.3 is 0 Å². The number of nitrogens with one attached hydrogen (secondary N) is 1. The predicted molar refractivity (Wildman–Crippen MR) is 87.7 cm³/mol. The SMILES string of the molecule is CC(=O)[C@@H](Cc1ccccc1)NC(=O)CSc1ccccn1. The van der Waals surface area contributed by atoms with Crippen LogP contribution in [-0.2, 0) is 16.0 Å². The van der Waals surface area contributed by atoms with Crippen LogP contribution in [0.15, 0.2) is 59.8 Å². The third-order valence-electron chi connectivity index (χ3n) is 3.10. The Labute approximate surface area is 134 Å². The van der Waals surface area contributed by atoms with Gasteiger partial charge in [0.05, 0.1) is 16.8 Å². The quantitative estimate of drug-likeness (QED) is 0.798. The minimum absolute atomic E-state index is 0.0416. The van der Waals surface area contributed by atoms with E-state index in [1.807, 2.05) is 48.5 Å². The highest BCUT2D eigenvalue weighted by Gasteiger charge is 2.17. The molecule has 114 valence electrons. The molecule has 1 atom stereocenters. The highest BCUT2D eigenvalue weighted by atomic mass is 32.2. The molecule has 1 heterocycles. The fourth-order valence-corrected chi connectivity index (χ4v) is 2.63. The first-order valence-corrected chi connectivity index (χ1v) is 8.01. The Balaban J connectivity index is 1.88. The first-order chi connectivity index (χ1) is 10.6. The number of carbonyl (C=O) groups is 2. The predicted octanol–water partition coefficient (Wildman–Crippen LogP) is 2.49. The molecule has 0 saturated carbocycles. The molecule has 0 saturated heterocycles. The highest BCUT2D eigenvalue weighted by molar-refractivity contribution is 7.99. The molecule has 0 fully saturated rings. The summed E-state index contributed by atoms with van der Waals surface area (Å²) >= 11 is 1.35. The maximum absolute atomic E-state index is 12.0. The lowest BCUT2D eigenvalue weighted by molar-refractivity contribution is -0.125. The van der Waals surface area contributed by atoms with Crippen molar-refractivity contribution in [2.75, 3.05) is 5.75 Å². The largest absolute Gasteiger partial charge is 0.345 e. The first kappa shape index (κ1) is 16.2. The zero-order chi connectivity index (χ0) is 15.8. The number of thioether (sulfide) groups is 1. The van der Waals surface area contributed by atoms with Gasteiger partial charge in [0.1, 0.15) is 0 Å². The van der Waals surface area contributed by atoms with E-state index < -0.39 is 6.04 Å². The van der Waals surface area contributed by atoms with Gasteiger partial charge in [-0.15, -0.1) is 0 Å². The fourth-order valence-electron chi connectivity index (χ4n) is 1.95. The smallest absolute Gasteiger partial charge is 0.231 e. The normalized spacial score (nSPS) is 11.7. The summed E-state index contributed by atoms with van der Waals surface area (Å²) in [7, 11) is 0. The van der Waals surface area contributed by atoms with E-state index in [1.54, 1.807) is 6.20 Å². The molecule has 0 unspecified atom stereocenters. The summed E-state index contributed by atoms with van der Waals surface area (Å²) in [5, 5.41) is 3.59. The Bertz CT molecular complexity index is 617. The Morgan fingerprint density at radius 1 is 1.14 bits per heavy atom. The third-order valence-corrected chi connectivity index (χ3v) is 4.04. The van der Waals surface area contributed by atoms with E-state index in [0.29, 0.717) is 6.42 Å². The molecular weight excluding hydrogens is 296 g/mol. The molecule has 4 nitrogen and oxygen atoms in total. The number of pyridine rings is 1. The first-order valence-electron chi connectivity index (χ1n) is 7.02. The lowest BCUT2D eigenvalue weighted by Gasteiger charge is -2.16. The molecule has 1 aromatic carbocycles. The fraction of sp³-hybridized carbons (Fsp3) is 0.235. The van der Waals surface area contributed by atoms with Crippen molar-refractivity contribution in [1.29, 1.82) is 0 Å². The van der Waals surface area contributed by atoms with Crippen molar-refractivity contribution in [3.05, 3.63) is 60.3 Å². The van der Waals surface area contributed by atoms with Gasteiger partial charge in [0.25, 0.3) is 0 Å². The van der Waals surface area contributed by atoms with Crippen molar-refractivity contribution in [3.63, 3.8) is 0 Å². The van der Waals surface area contributed by atoms with E-state index in [9.17, 15) is 9.59 Å². The van der Waals surface area contributed by atoms with Crippen molar-refractivity contribution < 1.29 is 9.59 Å². The summed E-state index contributed by atoms with van der Waals surface area (Å²) in [6.07, 6.45) is 2.20. The molecule has 1 amide bonds. The number of hydrogen-bond acceptors (Lipinski definition) is 4. The maximum atomic E-state index is 12.0. The van der Waals surface area contributed by atoms with Gasteiger partial charge in [-0.2, -0.15) is 0 Å². The number of Topliss-reactive ketones (excluding diaryl/α,β-unsaturated/α-hetero) is 1. The maximum Gasteiger partial charge on any atom is 0.231 e. The van der Waals surface area contributed by atoms with Crippen LogP contribution in [0.4, 0.5) is 0 Å². The molecule has 0 radical (unpaired) electrons. The summed E-state index contributed by atoms with van der Waals surface area (Å²) in [5.74, 6) is 0.0436. The molecule has 2 rings (SSSR count). The van der Waals surface area contributed by atoms with Crippen molar-refractivity contribution in [2.24, 2.45) is 0 Å². The molecule has 5 heteroatoms. The van der Waals surface area contributed by atoms with Gasteiger partial charge in [0, 0.05) is 6.20 Å². The van der Waals surface area contributed by atoms with Crippen LogP contribution >= 0.6 is 11.8 Å². The summed E-state index contributed by atoms with van der Waals surface area (Å²) < 4.78 is 0. The molecule has 1 N–H and O–H groups in total. The number of amides is 1. The minimum Gasteiger partial charge on any atom is -0.345 e. The van der Waals surface area contributed by atoms with E-state index in [1.165, 1.54) is 18.7 Å². The average molecular weight is 314 g/mol. The molecule has 0 bridgehead atoms. The van der Waals surface area contributed by atoms with Crippen LogP contribution in [0.1, 0.15) is 12.5 Å². The Morgan fingerprint density at radius 2 is 1.86 bits per heavy atom. The van der Waals surface area contributed by atoms with E-state index in [2.05, 4.69) is 10.3 Å². The number of aromatic nitrogens is 1. The molecule has 22 heavy (non-hydrogen) atoms. The number of rotatable bonds is 7. The monoisotopic (exact) mass is 314 g/mol. The minimum atomic E-state index is -0.487. The average Bonchev–Trinajstić information content (AvgIpc) is 2.54. The summed E-state index contributed by atoms with van der Waals surface area (Å²) in [4.78, 5) is 27.9. The van der Waals surface area contributed by atoms with Gasteiger partial charge in [0.2, 0.25) is 5.91 Å². The van der Waals surface area contributed by atoms with Crippen molar-refractivity contribution in [3.8, 4) is 0 Å². The number of nitrogens with zero attached hydrogens (tertiary/aromatic N) is 1. The standard InChI is InChI=1S/C17H18N2O2S/c1-13(20)15(11-14-7-3-2-4-8-14)19-16(21)12-22-17-9-5-6-10-18-17/h2-10,15H,11-12H2,1H3,(H,19,21)/t15-/m1/s1. The van der Waals surface area contributed by atoms with Crippen LogP contribution in [0, 0.1) is 0 Å². The molecular formula is C17H18N2O2S. The van der Waals surface area contributed by atoms with Gasteiger partial charge < -0.3 is 5.32 Å². The molecule has 0 aliphatic heterocycles. The molecule has 0 aliphatic rings. The summed E-state index contributed by atoms with van der Waals surface area (Å²) in [6.45, 7) is 1.50. The van der Waals surface area contributed by atoms with E-state index in [4.69, 9.17) is 0 Å². The van der Waals surface area contributed by atoms with Gasteiger partial charge in [-0.25, -0.2) is 4.98 Å². The van der Waals surface area contributed by atoms with Crippen molar-refractivity contribution in [2.45, 2.75) is 24.4 Å². The second kappa shape index (κ2) is 8.34. The van der Waals surface area contributed by atoms with Crippen molar-refractivity contribution >= 4 is 23.5 Å². The van der Waals surface area contributed by atoms with Crippen LogP contribution in [-0.4, -0.2) is 28.5 Å². The van der Waals surface area contributed by atoms with Crippen LogP contribution in [0.2, 0.25) is 0 Å². The van der Waals surface area contributed by atoms with Gasteiger partial charge in [0.15, 0.2) is 5.78 Å². The Hall–Kier alpha value is -2.14. The van der Waals surface area contributed by atoms with Gasteiger partial charge in [-0.3, -0.25) is 9.59 Å². The van der Waals surface area contributed by atoms with Crippen LogP contribution in [0.3, 0.4) is 0 Å². The lowest BCUT2D eigenvalue weighted by atomic mass is 10.0. The molecule has 2 aromatic rings. The van der Waals surface area contributed by atoms with Crippen LogP contribution in [0.25, 0.3) is 0 Å². The highest BCUT2D eigenvalue weighted by Crippen LogP contribution is 2.13. The zero-order valence-corrected chi connectivity index (χ0v) is 13.2. The second-order valence-electron chi connectivity index (χ2n) is 4.88. The van der Waals surface area contributed by atoms with Crippen LogP contribution in [0.5, 0.6) is 0 Å². The number of benzene rings is 1. The molecule has 0 spiro atoms. The number of ketones is 1. The Kier molecular flexibility index (Phi) is 6.15. The zero-order valence-electron chi connectivity index (χ0n) is 12.4. The van der Waals surface area contributed by atoms with Crippen LogP contribution < -0.4 is 5.32 Å². The third kappa shape index (κ3) is 5.33. The van der Waals surface area contributed by atoms with E-state index in [-0.39, 0.29) is 17.4 Å². The van der Waals surface area contributed by atoms with Crippen molar-refractivity contribution in [1.82, 2.24) is 10.3 Å². The number of carbonyl (C=O) groups excluding carboxylic acids is 2. The number of hydrogen-bond donors (Lipinski definition) is 1. The van der Waals surface area contributed by atoms with Gasteiger partial charge in [-0.05, 0) is 31.0 Å². The molecule has 0 aliphatic carbocycles. The van der Waals surface area contributed by atoms with Gasteiger partial charge in [-0.1, -0.05) is 48.2 Å². The molecule has 1 aromatic heterocycles. The lowest BCUT2D eigenvalue weighted by Crippen LogP contribution is -2.42. The van der Waals surface area contributed by atoms with E-state index in [0.717, 1.165) is 10.6 Å². The summed E-state index contributed by atoms with van der Waals surface area (Å²) in [6, 6.07) is 14.7. The Morgan fingerprint density at radius 3 is 2.50 bits per heavy atom.